The lowest BCUT2D eigenvalue weighted by atomic mass is 9.89. The Morgan fingerprint density at radius 1 is 1.13 bits per heavy atom. The van der Waals surface area contributed by atoms with E-state index in [9.17, 15) is 0 Å². The van der Waals surface area contributed by atoms with Gasteiger partial charge in [-0.25, -0.2) is 4.99 Å². The Labute approximate surface area is 189 Å². The first kappa shape index (κ1) is 20.0. The number of rotatable bonds is 2. The van der Waals surface area contributed by atoms with Crippen LogP contribution in [0, 0.1) is 0 Å². The number of hydrogen-bond acceptors (Lipinski definition) is 3. The highest BCUT2D eigenvalue weighted by Gasteiger charge is 2.28. The van der Waals surface area contributed by atoms with Gasteiger partial charge in [0, 0.05) is 40.8 Å². The molecule has 3 nitrogen and oxygen atoms in total. The van der Waals surface area contributed by atoms with Crippen molar-refractivity contribution >= 4 is 28.8 Å². The number of benzene rings is 2. The van der Waals surface area contributed by atoms with Crippen LogP contribution in [0.2, 0.25) is 5.02 Å². The molecule has 0 amide bonds. The second kappa shape index (κ2) is 8.32. The Bertz CT molecular complexity index is 1180. The van der Waals surface area contributed by atoms with Gasteiger partial charge in [-0.2, -0.15) is 0 Å². The van der Waals surface area contributed by atoms with Crippen molar-refractivity contribution in [3.63, 3.8) is 0 Å². The Morgan fingerprint density at radius 3 is 2.84 bits per heavy atom. The number of anilines is 1. The molecule has 0 aliphatic carbocycles. The molecular formula is C27H26ClN3. The summed E-state index contributed by atoms with van der Waals surface area (Å²) in [6, 6.07) is 17.2. The molecule has 4 heteroatoms. The summed E-state index contributed by atoms with van der Waals surface area (Å²) in [6.07, 6.45) is 8.90. The van der Waals surface area contributed by atoms with Crippen molar-refractivity contribution < 1.29 is 0 Å². The zero-order valence-corrected chi connectivity index (χ0v) is 18.7. The van der Waals surface area contributed by atoms with E-state index in [0.29, 0.717) is 5.92 Å². The second-order valence-electron chi connectivity index (χ2n) is 8.35. The van der Waals surface area contributed by atoms with Gasteiger partial charge in [-0.05, 0) is 78.3 Å². The molecule has 0 saturated heterocycles. The van der Waals surface area contributed by atoms with E-state index in [-0.39, 0.29) is 0 Å². The third-order valence-electron chi connectivity index (χ3n) is 6.34. The fourth-order valence-electron chi connectivity index (χ4n) is 4.57. The number of aromatic nitrogens is 1. The Balaban J connectivity index is 1.72. The molecule has 1 atom stereocenters. The van der Waals surface area contributed by atoms with E-state index >= 15 is 0 Å². The van der Waals surface area contributed by atoms with Crippen LogP contribution in [0.1, 0.15) is 54.0 Å². The molecule has 1 aromatic heterocycles. The zero-order valence-electron chi connectivity index (χ0n) is 18.0. The molecule has 1 unspecified atom stereocenters. The average Bonchev–Trinajstić information content (AvgIpc) is 3.21. The molecule has 3 heterocycles. The van der Waals surface area contributed by atoms with Crippen molar-refractivity contribution in [2.24, 2.45) is 4.99 Å². The van der Waals surface area contributed by atoms with Crippen LogP contribution in [0.3, 0.4) is 0 Å². The van der Waals surface area contributed by atoms with Gasteiger partial charge in [0.15, 0.2) is 0 Å². The molecule has 2 aromatic carbocycles. The number of pyridine rings is 1. The molecule has 0 spiro atoms. The van der Waals surface area contributed by atoms with Gasteiger partial charge in [0.1, 0.15) is 5.84 Å². The number of amidine groups is 1. The van der Waals surface area contributed by atoms with Gasteiger partial charge >= 0.3 is 0 Å². The number of fused-ring (bicyclic) bond motifs is 2. The molecule has 31 heavy (non-hydrogen) atoms. The molecule has 0 bridgehead atoms. The van der Waals surface area contributed by atoms with Crippen LogP contribution >= 0.6 is 11.6 Å². The minimum absolute atomic E-state index is 0.408. The summed E-state index contributed by atoms with van der Waals surface area (Å²) in [6.45, 7) is 5.42. The number of aliphatic imine (C=N–C) groups is 1. The Morgan fingerprint density at radius 2 is 2.03 bits per heavy atom. The predicted octanol–water partition coefficient (Wildman–Crippen LogP) is 6.66. The van der Waals surface area contributed by atoms with E-state index < -0.39 is 0 Å². The van der Waals surface area contributed by atoms with E-state index in [1.54, 1.807) is 0 Å². The molecule has 0 fully saturated rings. The van der Waals surface area contributed by atoms with Gasteiger partial charge in [0.2, 0.25) is 0 Å². The van der Waals surface area contributed by atoms with E-state index in [2.05, 4.69) is 66.2 Å². The van der Waals surface area contributed by atoms with Gasteiger partial charge in [-0.3, -0.25) is 4.98 Å². The molecule has 0 N–H and O–H groups in total. The van der Waals surface area contributed by atoms with E-state index in [1.807, 2.05) is 24.5 Å². The number of allylic oxidation sites excluding steroid dienone is 1. The Kier molecular flexibility index (Phi) is 5.37. The van der Waals surface area contributed by atoms with Crippen molar-refractivity contribution in [1.82, 2.24) is 4.98 Å². The largest absolute Gasteiger partial charge is 0.325 e. The lowest BCUT2D eigenvalue weighted by Crippen LogP contribution is -2.31. The number of nitrogens with zero attached hydrogens (tertiary/aromatic N) is 3. The summed E-state index contributed by atoms with van der Waals surface area (Å²) < 4.78 is 0. The van der Waals surface area contributed by atoms with Gasteiger partial charge in [0.05, 0.1) is 5.70 Å². The highest BCUT2D eigenvalue weighted by molar-refractivity contribution is 6.30. The molecule has 0 radical (unpaired) electrons. The molecule has 3 aromatic rings. The SMILES string of the molecule is CCc1ccc2c(c1)C(N1CCc3cc(Cl)ccc31)=NC(c1cccnc1)=CCC2C. The topological polar surface area (TPSA) is 28.5 Å². The average molecular weight is 428 g/mol. The highest BCUT2D eigenvalue weighted by atomic mass is 35.5. The van der Waals surface area contributed by atoms with Crippen LogP contribution in [0.4, 0.5) is 5.69 Å². The zero-order chi connectivity index (χ0) is 21.4. The molecule has 0 saturated carbocycles. The van der Waals surface area contributed by atoms with Crippen molar-refractivity contribution in [3.8, 4) is 0 Å². The van der Waals surface area contributed by atoms with Crippen molar-refractivity contribution in [1.29, 1.82) is 0 Å². The van der Waals surface area contributed by atoms with Crippen LogP contribution in [-0.4, -0.2) is 17.4 Å². The summed E-state index contributed by atoms with van der Waals surface area (Å²) in [7, 11) is 0. The smallest absolute Gasteiger partial charge is 0.141 e. The molecule has 156 valence electrons. The fraction of sp³-hybridized carbons (Fsp3) is 0.259. The molecule has 5 rings (SSSR count). The first-order chi connectivity index (χ1) is 15.1. The van der Waals surface area contributed by atoms with Crippen molar-refractivity contribution in [3.05, 3.63) is 99.8 Å². The lowest BCUT2D eigenvalue weighted by Gasteiger charge is -2.28. The minimum atomic E-state index is 0.408. The quantitative estimate of drug-likeness (QED) is 0.457. The van der Waals surface area contributed by atoms with Crippen molar-refractivity contribution in [2.45, 2.75) is 39.0 Å². The third-order valence-corrected chi connectivity index (χ3v) is 6.57. The van der Waals surface area contributed by atoms with Crippen LogP contribution in [0.5, 0.6) is 0 Å². The number of aryl methyl sites for hydroxylation is 1. The number of halogens is 1. The predicted molar refractivity (Wildman–Crippen MR) is 130 cm³/mol. The lowest BCUT2D eigenvalue weighted by molar-refractivity contribution is 0.775. The first-order valence-corrected chi connectivity index (χ1v) is 11.4. The van der Waals surface area contributed by atoms with Crippen molar-refractivity contribution in [2.75, 3.05) is 11.4 Å². The second-order valence-corrected chi connectivity index (χ2v) is 8.79. The van der Waals surface area contributed by atoms with Crippen LogP contribution in [0.25, 0.3) is 5.70 Å². The third kappa shape index (κ3) is 3.79. The van der Waals surface area contributed by atoms with Crippen LogP contribution < -0.4 is 4.90 Å². The molecule has 2 aliphatic heterocycles. The summed E-state index contributed by atoms with van der Waals surface area (Å²) in [5.74, 6) is 1.43. The molecule has 2 aliphatic rings. The number of hydrogen-bond donors (Lipinski definition) is 0. The van der Waals surface area contributed by atoms with Gasteiger partial charge in [0.25, 0.3) is 0 Å². The van der Waals surface area contributed by atoms with E-state index in [0.717, 1.165) is 47.9 Å². The summed E-state index contributed by atoms with van der Waals surface area (Å²) in [4.78, 5) is 12.0. The summed E-state index contributed by atoms with van der Waals surface area (Å²) in [5.41, 5.74) is 8.47. The van der Waals surface area contributed by atoms with Gasteiger partial charge < -0.3 is 4.90 Å². The first-order valence-electron chi connectivity index (χ1n) is 11.0. The maximum Gasteiger partial charge on any atom is 0.141 e. The fourth-order valence-corrected chi connectivity index (χ4v) is 4.77. The monoisotopic (exact) mass is 427 g/mol. The minimum Gasteiger partial charge on any atom is -0.325 e. The normalized spacial score (nSPS) is 17.9. The highest BCUT2D eigenvalue weighted by Crippen LogP contribution is 2.36. The van der Waals surface area contributed by atoms with Gasteiger partial charge in [-0.1, -0.05) is 43.7 Å². The summed E-state index contributed by atoms with van der Waals surface area (Å²) in [5, 5.41) is 0.790. The van der Waals surface area contributed by atoms with E-state index in [4.69, 9.17) is 16.6 Å². The van der Waals surface area contributed by atoms with Gasteiger partial charge in [-0.15, -0.1) is 0 Å². The summed E-state index contributed by atoms with van der Waals surface area (Å²) >= 11 is 6.28. The Hall–Kier alpha value is -2.91. The van der Waals surface area contributed by atoms with E-state index in [1.165, 1.54) is 27.9 Å². The van der Waals surface area contributed by atoms with Crippen LogP contribution in [0.15, 0.2) is 72.0 Å². The molecular weight excluding hydrogens is 402 g/mol. The maximum absolute atomic E-state index is 6.28. The maximum atomic E-state index is 6.28. The van der Waals surface area contributed by atoms with Crippen LogP contribution in [-0.2, 0) is 12.8 Å². The standard InChI is InChI=1S/C27H26ClN3/c1-3-19-7-9-23-18(2)6-10-25(21-5-4-13-29-17-21)30-27(24(23)15-19)31-14-12-20-16-22(28)8-11-26(20)31/h4-5,7-11,13,15-18H,3,6,12,14H2,1-2H3.